The van der Waals surface area contributed by atoms with E-state index in [1.54, 1.807) is 24.3 Å². The first kappa shape index (κ1) is 13.5. The predicted molar refractivity (Wildman–Crippen MR) is 72.9 cm³/mol. The summed E-state index contributed by atoms with van der Waals surface area (Å²) >= 11 is 3.21. The molecule has 3 nitrogen and oxygen atoms in total. The van der Waals surface area contributed by atoms with Crippen molar-refractivity contribution < 1.29 is 13.6 Å². The fourth-order valence-corrected chi connectivity index (χ4v) is 2.02. The lowest BCUT2D eigenvalue weighted by Gasteiger charge is -2.10. The standard InChI is InChI=1S/C13H9BrF2N2O/c14-9-4-2-1-3-8(9)13(19)18-12-10(16)5-7(15)6-11(12)17/h1-6H,17H2,(H,18,19). The van der Waals surface area contributed by atoms with E-state index >= 15 is 0 Å². The van der Waals surface area contributed by atoms with Crippen LogP contribution in [0.5, 0.6) is 0 Å². The summed E-state index contributed by atoms with van der Waals surface area (Å²) in [6, 6.07) is 8.26. The topological polar surface area (TPSA) is 55.1 Å². The first-order valence-electron chi connectivity index (χ1n) is 5.29. The third kappa shape index (κ3) is 2.90. The van der Waals surface area contributed by atoms with Crippen molar-refractivity contribution in [2.45, 2.75) is 0 Å². The minimum absolute atomic E-state index is 0.169. The maximum Gasteiger partial charge on any atom is 0.256 e. The lowest BCUT2D eigenvalue weighted by molar-refractivity contribution is 0.102. The van der Waals surface area contributed by atoms with Gasteiger partial charge in [-0.1, -0.05) is 12.1 Å². The summed E-state index contributed by atoms with van der Waals surface area (Å²) in [5.41, 5.74) is 5.40. The molecule has 2 aromatic carbocycles. The third-order valence-electron chi connectivity index (χ3n) is 2.44. The van der Waals surface area contributed by atoms with Crippen LogP contribution in [-0.2, 0) is 0 Å². The number of anilines is 2. The van der Waals surface area contributed by atoms with Gasteiger partial charge in [-0.05, 0) is 34.1 Å². The third-order valence-corrected chi connectivity index (χ3v) is 3.13. The van der Waals surface area contributed by atoms with Gasteiger partial charge in [0.15, 0.2) is 5.82 Å². The Bertz CT molecular complexity index is 623. The highest BCUT2D eigenvalue weighted by Gasteiger charge is 2.15. The van der Waals surface area contributed by atoms with E-state index in [0.717, 1.165) is 6.07 Å². The molecule has 0 aliphatic heterocycles. The van der Waals surface area contributed by atoms with E-state index in [1.807, 2.05) is 0 Å². The zero-order valence-corrected chi connectivity index (χ0v) is 11.2. The summed E-state index contributed by atoms with van der Waals surface area (Å²) in [6.07, 6.45) is 0. The maximum atomic E-state index is 13.5. The Kier molecular flexibility index (Phi) is 3.80. The molecular weight excluding hydrogens is 318 g/mol. The molecule has 0 aromatic heterocycles. The number of benzene rings is 2. The van der Waals surface area contributed by atoms with Gasteiger partial charge in [0.1, 0.15) is 11.5 Å². The molecule has 0 bridgehead atoms. The molecule has 1 amide bonds. The van der Waals surface area contributed by atoms with Crippen LogP contribution in [0.25, 0.3) is 0 Å². The molecule has 3 N–H and O–H groups in total. The van der Waals surface area contributed by atoms with E-state index < -0.39 is 17.5 Å². The number of carbonyl (C=O) groups is 1. The van der Waals surface area contributed by atoms with Crippen molar-refractivity contribution in [2.75, 3.05) is 11.1 Å². The molecule has 0 saturated carbocycles. The number of halogens is 3. The molecule has 98 valence electrons. The normalized spacial score (nSPS) is 10.3. The molecule has 0 fully saturated rings. The van der Waals surface area contributed by atoms with Gasteiger partial charge < -0.3 is 11.1 Å². The van der Waals surface area contributed by atoms with Crippen LogP contribution in [-0.4, -0.2) is 5.91 Å². The Balaban J connectivity index is 2.32. The first-order chi connectivity index (χ1) is 8.99. The summed E-state index contributed by atoms with van der Waals surface area (Å²) in [4.78, 5) is 12.0. The Labute approximate surface area is 116 Å². The zero-order valence-electron chi connectivity index (χ0n) is 9.58. The van der Waals surface area contributed by atoms with E-state index in [9.17, 15) is 13.6 Å². The molecule has 19 heavy (non-hydrogen) atoms. The smallest absolute Gasteiger partial charge is 0.256 e. The van der Waals surface area contributed by atoms with Crippen LogP contribution in [0.15, 0.2) is 40.9 Å². The second kappa shape index (κ2) is 5.36. The van der Waals surface area contributed by atoms with Gasteiger partial charge >= 0.3 is 0 Å². The van der Waals surface area contributed by atoms with Crippen LogP contribution in [0.3, 0.4) is 0 Å². The number of nitrogens with two attached hydrogens (primary N) is 1. The van der Waals surface area contributed by atoms with Crippen molar-refractivity contribution in [3.63, 3.8) is 0 Å². The van der Waals surface area contributed by atoms with Gasteiger partial charge in [0.25, 0.3) is 5.91 Å². The first-order valence-corrected chi connectivity index (χ1v) is 6.08. The highest BCUT2D eigenvalue weighted by atomic mass is 79.9. The number of amides is 1. The SMILES string of the molecule is Nc1cc(F)cc(F)c1NC(=O)c1ccccc1Br. The lowest BCUT2D eigenvalue weighted by atomic mass is 10.2. The van der Waals surface area contributed by atoms with Crippen LogP contribution in [0, 0.1) is 11.6 Å². The van der Waals surface area contributed by atoms with Gasteiger partial charge in [-0.25, -0.2) is 8.78 Å². The fraction of sp³-hybridized carbons (Fsp3) is 0. The highest BCUT2D eigenvalue weighted by Crippen LogP contribution is 2.25. The Morgan fingerprint density at radius 1 is 1.21 bits per heavy atom. The van der Waals surface area contributed by atoms with Crippen molar-refractivity contribution in [1.82, 2.24) is 0 Å². The summed E-state index contributed by atoms with van der Waals surface area (Å²) < 4.78 is 27.0. The van der Waals surface area contributed by atoms with Crippen LogP contribution in [0.1, 0.15) is 10.4 Å². The van der Waals surface area contributed by atoms with Gasteiger partial charge in [0.05, 0.1) is 11.3 Å². The van der Waals surface area contributed by atoms with E-state index in [0.29, 0.717) is 16.1 Å². The van der Waals surface area contributed by atoms with Crippen molar-refractivity contribution in [2.24, 2.45) is 0 Å². The number of hydrogen-bond acceptors (Lipinski definition) is 2. The molecule has 0 atom stereocenters. The van der Waals surface area contributed by atoms with Gasteiger partial charge in [0.2, 0.25) is 0 Å². The van der Waals surface area contributed by atoms with Crippen LogP contribution in [0.2, 0.25) is 0 Å². The van der Waals surface area contributed by atoms with Crippen molar-refractivity contribution in [3.8, 4) is 0 Å². The average Bonchev–Trinajstić information content (AvgIpc) is 2.34. The molecule has 0 aliphatic rings. The lowest BCUT2D eigenvalue weighted by Crippen LogP contribution is -2.15. The summed E-state index contributed by atoms with van der Waals surface area (Å²) in [5.74, 6) is -2.25. The second-order valence-corrected chi connectivity index (χ2v) is 4.64. The molecule has 0 heterocycles. The molecule has 0 saturated heterocycles. The number of nitrogens with one attached hydrogen (secondary N) is 1. The molecule has 0 aliphatic carbocycles. The summed E-state index contributed by atoms with van der Waals surface area (Å²) in [6.45, 7) is 0. The van der Waals surface area contributed by atoms with Gasteiger partial charge in [-0.2, -0.15) is 0 Å². The Morgan fingerprint density at radius 2 is 1.89 bits per heavy atom. The predicted octanol–water partition coefficient (Wildman–Crippen LogP) is 3.56. The van der Waals surface area contributed by atoms with Crippen molar-refractivity contribution >= 4 is 33.2 Å². The van der Waals surface area contributed by atoms with Crippen molar-refractivity contribution in [3.05, 3.63) is 58.1 Å². The molecular formula is C13H9BrF2N2O. The molecule has 0 radical (unpaired) electrons. The van der Waals surface area contributed by atoms with Crippen LogP contribution in [0.4, 0.5) is 20.2 Å². The highest BCUT2D eigenvalue weighted by molar-refractivity contribution is 9.10. The minimum atomic E-state index is -0.919. The Morgan fingerprint density at radius 3 is 2.53 bits per heavy atom. The number of hydrogen-bond donors (Lipinski definition) is 2. The van der Waals surface area contributed by atoms with E-state index in [-0.39, 0.29) is 11.4 Å². The molecule has 2 aromatic rings. The molecule has 6 heteroatoms. The summed E-state index contributed by atoms with van der Waals surface area (Å²) in [7, 11) is 0. The average molecular weight is 327 g/mol. The van der Waals surface area contributed by atoms with Gasteiger partial charge in [0, 0.05) is 10.5 Å². The van der Waals surface area contributed by atoms with Crippen molar-refractivity contribution in [1.29, 1.82) is 0 Å². The van der Waals surface area contributed by atoms with E-state index in [2.05, 4.69) is 21.2 Å². The van der Waals surface area contributed by atoms with Gasteiger partial charge in [-0.15, -0.1) is 0 Å². The molecule has 0 unspecified atom stereocenters. The summed E-state index contributed by atoms with van der Waals surface area (Å²) in [5, 5.41) is 2.33. The number of rotatable bonds is 2. The largest absolute Gasteiger partial charge is 0.397 e. The quantitative estimate of drug-likeness (QED) is 0.829. The van der Waals surface area contributed by atoms with Gasteiger partial charge in [-0.3, -0.25) is 4.79 Å². The fourth-order valence-electron chi connectivity index (χ4n) is 1.55. The molecule has 0 spiro atoms. The Hall–Kier alpha value is -1.95. The van der Waals surface area contributed by atoms with Crippen LogP contribution >= 0.6 is 15.9 Å². The maximum absolute atomic E-state index is 13.5. The second-order valence-electron chi connectivity index (χ2n) is 3.79. The molecule has 2 rings (SSSR count). The minimum Gasteiger partial charge on any atom is -0.397 e. The number of carbonyl (C=O) groups excluding carboxylic acids is 1. The monoisotopic (exact) mass is 326 g/mol. The number of nitrogen functional groups attached to an aromatic ring is 1. The van der Waals surface area contributed by atoms with Crippen LogP contribution < -0.4 is 11.1 Å². The van der Waals surface area contributed by atoms with E-state index in [4.69, 9.17) is 5.73 Å². The zero-order chi connectivity index (χ0) is 14.0. The van der Waals surface area contributed by atoms with E-state index in [1.165, 1.54) is 0 Å².